The molecule has 0 spiro atoms. The Labute approximate surface area is 224 Å². The van der Waals surface area contributed by atoms with Crippen LogP contribution in [0, 0.1) is 6.92 Å². The number of piperazine rings is 1. The maximum Gasteiger partial charge on any atom is 0.274 e. The molecule has 0 bridgehead atoms. The number of benzene rings is 4. The Balaban J connectivity index is 1.25. The predicted molar refractivity (Wildman–Crippen MR) is 155 cm³/mol. The molecule has 0 N–H and O–H groups in total. The minimum absolute atomic E-state index is 0.0121. The van der Waals surface area contributed by atoms with Crippen molar-refractivity contribution in [3.8, 4) is 17.1 Å². The summed E-state index contributed by atoms with van der Waals surface area (Å²) < 4.78 is 2.06. The van der Waals surface area contributed by atoms with Gasteiger partial charge in [0.25, 0.3) is 5.91 Å². The number of nitrogens with zero attached hydrogens (tertiary/aromatic N) is 4. The zero-order valence-corrected chi connectivity index (χ0v) is 22.0. The molecule has 0 radical (unpaired) electrons. The van der Waals surface area contributed by atoms with Crippen molar-refractivity contribution in [1.29, 1.82) is 0 Å². The molecular weight excluding hydrogens is 468 g/mol. The SMILES string of the molecule is CCc1cccc(-n2cc(C(=O)N3CCN(c4ccc5ccccc5c4)CC3)nc2-c2ccc(C)cc2)c1. The molecule has 5 aromatic rings. The maximum absolute atomic E-state index is 13.7. The normalized spacial score (nSPS) is 13.7. The molecule has 1 fully saturated rings. The molecule has 2 heterocycles. The zero-order valence-electron chi connectivity index (χ0n) is 22.0. The van der Waals surface area contributed by atoms with Gasteiger partial charge in [-0.25, -0.2) is 4.98 Å². The molecule has 0 atom stereocenters. The lowest BCUT2D eigenvalue weighted by molar-refractivity contribution is 0.0741. The van der Waals surface area contributed by atoms with Gasteiger partial charge in [0.15, 0.2) is 0 Å². The molecule has 1 aromatic heterocycles. The third kappa shape index (κ3) is 4.68. The number of hydrogen-bond acceptors (Lipinski definition) is 3. The fraction of sp³-hybridized carbons (Fsp3) is 0.212. The van der Waals surface area contributed by atoms with Gasteiger partial charge in [-0.1, -0.05) is 79.2 Å². The molecular formula is C33H32N4O. The van der Waals surface area contributed by atoms with Crippen molar-refractivity contribution in [3.63, 3.8) is 0 Å². The van der Waals surface area contributed by atoms with Gasteiger partial charge >= 0.3 is 0 Å². The third-order valence-corrected chi connectivity index (χ3v) is 7.50. The van der Waals surface area contributed by atoms with Gasteiger partial charge in [-0.15, -0.1) is 0 Å². The van der Waals surface area contributed by atoms with E-state index < -0.39 is 0 Å². The van der Waals surface area contributed by atoms with E-state index in [-0.39, 0.29) is 5.91 Å². The second kappa shape index (κ2) is 10.2. The van der Waals surface area contributed by atoms with Crippen molar-refractivity contribution in [2.24, 2.45) is 0 Å². The Hall–Kier alpha value is -4.38. The fourth-order valence-electron chi connectivity index (χ4n) is 5.22. The summed E-state index contributed by atoms with van der Waals surface area (Å²) in [5.74, 6) is 0.776. The van der Waals surface area contributed by atoms with Crippen LogP contribution in [0.25, 0.3) is 27.8 Å². The molecule has 0 aliphatic carbocycles. The van der Waals surface area contributed by atoms with Crippen LogP contribution in [-0.4, -0.2) is 46.5 Å². The van der Waals surface area contributed by atoms with E-state index >= 15 is 0 Å². The molecule has 38 heavy (non-hydrogen) atoms. The van der Waals surface area contributed by atoms with Gasteiger partial charge in [0.2, 0.25) is 0 Å². The van der Waals surface area contributed by atoms with Crippen molar-refractivity contribution in [1.82, 2.24) is 14.5 Å². The van der Waals surface area contributed by atoms with Crippen LogP contribution in [0.2, 0.25) is 0 Å². The topological polar surface area (TPSA) is 41.4 Å². The van der Waals surface area contributed by atoms with Crippen LogP contribution in [0.3, 0.4) is 0 Å². The van der Waals surface area contributed by atoms with Crippen LogP contribution in [0.4, 0.5) is 5.69 Å². The number of hydrogen-bond donors (Lipinski definition) is 0. The number of aromatic nitrogens is 2. The molecule has 5 nitrogen and oxygen atoms in total. The van der Waals surface area contributed by atoms with E-state index in [4.69, 9.17) is 4.98 Å². The number of carbonyl (C=O) groups is 1. The quantitative estimate of drug-likeness (QED) is 0.276. The molecule has 5 heteroatoms. The Kier molecular flexibility index (Phi) is 6.42. The highest BCUT2D eigenvalue weighted by atomic mass is 16.2. The average molecular weight is 501 g/mol. The molecule has 0 unspecified atom stereocenters. The lowest BCUT2D eigenvalue weighted by Gasteiger charge is -2.36. The molecule has 1 saturated heterocycles. The molecule has 4 aromatic carbocycles. The Morgan fingerprint density at radius 3 is 2.32 bits per heavy atom. The summed E-state index contributed by atoms with van der Waals surface area (Å²) in [4.78, 5) is 22.8. The van der Waals surface area contributed by atoms with Crippen molar-refractivity contribution >= 4 is 22.4 Å². The van der Waals surface area contributed by atoms with E-state index in [0.717, 1.165) is 36.6 Å². The van der Waals surface area contributed by atoms with Gasteiger partial charge in [-0.3, -0.25) is 9.36 Å². The van der Waals surface area contributed by atoms with Gasteiger partial charge in [-0.2, -0.15) is 0 Å². The number of rotatable bonds is 5. The summed E-state index contributed by atoms with van der Waals surface area (Å²) >= 11 is 0. The van der Waals surface area contributed by atoms with Crippen molar-refractivity contribution < 1.29 is 4.79 Å². The Bertz CT molecular complexity index is 1590. The van der Waals surface area contributed by atoms with Crippen LogP contribution in [-0.2, 0) is 6.42 Å². The standard InChI is InChI=1S/C33H32N4O/c1-3-25-7-6-10-30(21-25)37-23-31(34-32(37)27-13-11-24(2)12-14-27)33(38)36-19-17-35(18-20-36)29-16-15-26-8-4-5-9-28(26)22-29/h4-16,21-23H,3,17-20H2,1-2H3. The number of imidazole rings is 1. The Morgan fingerprint density at radius 2 is 1.55 bits per heavy atom. The first-order valence-electron chi connectivity index (χ1n) is 13.4. The second-order valence-electron chi connectivity index (χ2n) is 10.0. The van der Waals surface area contributed by atoms with Crippen LogP contribution in [0.15, 0.2) is 97.2 Å². The number of fused-ring (bicyclic) bond motifs is 1. The van der Waals surface area contributed by atoms with E-state index in [2.05, 4.69) is 114 Å². The largest absolute Gasteiger partial charge is 0.368 e. The highest BCUT2D eigenvalue weighted by Gasteiger charge is 2.26. The number of anilines is 1. The number of aryl methyl sites for hydroxylation is 2. The van der Waals surface area contributed by atoms with Crippen LogP contribution < -0.4 is 4.90 Å². The number of amides is 1. The van der Waals surface area contributed by atoms with E-state index in [1.165, 1.54) is 27.6 Å². The van der Waals surface area contributed by atoms with Gasteiger partial charge in [0, 0.05) is 49.3 Å². The maximum atomic E-state index is 13.7. The summed E-state index contributed by atoms with van der Waals surface area (Å²) in [5.41, 5.74) is 6.16. The highest BCUT2D eigenvalue weighted by molar-refractivity contribution is 5.93. The van der Waals surface area contributed by atoms with E-state index in [1.54, 1.807) is 0 Å². The lowest BCUT2D eigenvalue weighted by Crippen LogP contribution is -2.48. The molecule has 190 valence electrons. The van der Waals surface area contributed by atoms with Crippen LogP contribution in [0.5, 0.6) is 0 Å². The minimum Gasteiger partial charge on any atom is -0.368 e. The minimum atomic E-state index is -0.0121. The van der Waals surface area contributed by atoms with Gasteiger partial charge in [-0.05, 0) is 53.9 Å². The van der Waals surface area contributed by atoms with Crippen LogP contribution >= 0.6 is 0 Å². The van der Waals surface area contributed by atoms with Crippen molar-refractivity contribution in [3.05, 3.63) is 114 Å². The van der Waals surface area contributed by atoms with Gasteiger partial charge < -0.3 is 9.80 Å². The number of carbonyl (C=O) groups excluding carboxylic acids is 1. The van der Waals surface area contributed by atoms with E-state index in [0.29, 0.717) is 18.8 Å². The zero-order chi connectivity index (χ0) is 26.1. The van der Waals surface area contributed by atoms with Crippen molar-refractivity contribution in [2.75, 3.05) is 31.1 Å². The first-order chi connectivity index (χ1) is 18.6. The van der Waals surface area contributed by atoms with Crippen LogP contribution in [0.1, 0.15) is 28.5 Å². The first-order valence-corrected chi connectivity index (χ1v) is 13.4. The lowest BCUT2D eigenvalue weighted by atomic mass is 10.1. The monoisotopic (exact) mass is 500 g/mol. The highest BCUT2D eigenvalue weighted by Crippen LogP contribution is 2.26. The van der Waals surface area contributed by atoms with Gasteiger partial charge in [0.1, 0.15) is 11.5 Å². The summed E-state index contributed by atoms with van der Waals surface area (Å²) in [7, 11) is 0. The summed E-state index contributed by atoms with van der Waals surface area (Å²) in [5, 5.41) is 2.49. The molecule has 1 aliphatic rings. The summed E-state index contributed by atoms with van der Waals surface area (Å²) in [6.07, 6.45) is 2.86. The van der Waals surface area contributed by atoms with E-state index in [1.807, 2.05) is 11.1 Å². The third-order valence-electron chi connectivity index (χ3n) is 7.50. The summed E-state index contributed by atoms with van der Waals surface area (Å²) in [6.45, 7) is 7.17. The first kappa shape index (κ1) is 24.0. The second-order valence-corrected chi connectivity index (χ2v) is 10.0. The smallest absolute Gasteiger partial charge is 0.274 e. The average Bonchev–Trinajstić information content (AvgIpc) is 3.42. The van der Waals surface area contributed by atoms with E-state index in [9.17, 15) is 4.79 Å². The van der Waals surface area contributed by atoms with Crippen molar-refractivity contribution in [2.45, 2.75) is 20.3 Å². The fourth-order valence-corrected chi connectivity index (χ4v) is 5.22. The molecule has 0 saturated carbocycles. The predicted octanol–water partition coefficient (Wildman–Crippen LogP) is 6.53. The molecule has 1 amide bonds. The molecule has 1 aliphatic heterocycles. The van der Waals surface area contributed by atoms with Gasteiger partial charge in [0.05, 0.1) is 0 Å². The Morgan fingerprint density at radius 1 is 0.789 bits per heavy atom. The molecule has 6 rings (SSSR count). The summed E-state index contributed by atoms with van der Waals surface area (Å²) in [6, 6.07) is 31.8.